The highest BCUT2D eigenvalue weighted by molar-refractivity contribution is 5.97. The van der Waals surface area contributed by atoms with Crippen molar-refractivity contribution in [2.45, 2.75) is 25.7 Å². The normalized spacial score (nSPS) is 15.4. The van der Waals surface area contributed by atoms with Crippen LogP contribution in [0, 0.1) is 0 Å². The zero-order valence-corrected chi connectivity index (χ0v) is 13.9. The van der Waals surface area contributed by atoms with Crippen molar-refractivity contribution in [3.8, 4) is 0 Å². The maximum absolute atomic E-state index is 12.3. The molecule has 0 spiro atoms. The van der Waals surface area contributed by atoms with E-state index < -0.39 is 0 Å². The lowest BCUT2D eigenvalue weighted by molar-refractivity contribution is -0.117. The average molecular weight is 322 g/mol. The molecule has 4 nitrogen and oxygen atoms in total. The molecule has 0 saturated carbocycles. The summed E-state index contributed by atoms with van der Waals surface area (Å²) in [5, 5.41) is 2.98. The summed E-state index contributed by atoms with van der Waals surface area (Å²) in [5.74, 6) is 0.331. The summed E-state index contributed by atoms with van der Waals surface area (Å²) < 4.78 is 0. The minimum Gasteiger partial charge on any atom is -0.351 e. The molecule has 0 radical (unpaired) electrons. The van der Waals surface area contributed by atoms with Crippen molar-refractivity contribution in [3.63, 3.8) is 0 Å². The van der Waals surface area contributed by atoms with E-state index in [4.69, 9.17) is 0 Å². The van der Waals surface area contributed by atoms with Gasteiger partial charge in [0.25, 0.3) is 5.91 Å². The zero-order chi connectivity index (χ0) is 16.9. The largest absolute Gasteiger partial charge is 0.351 e. The first kappa shape index (κ1) is 16.2. The van der Waals surface area contributed by atoms with Gasteiger partial charge < -0.3 is 10.2 Å². The highest BCUT2D eigenvalue weighted by atomic mass is 16.2. The number of benzene rings is 2. The molecule has 124 valence electrons. The summed E-state index contributed by atoms with van der Waals surface area (Å²) >= 11 is 0. The van der Waals surface area contributed by atoms with E-state index in [2.05, 4.69) is 24.4 Å². The van der Waals surface area contributed by atoms with Gasteiger partial charge in [0, 0.05) is 30.8 Å². The van der Waals surface area contributed by atoms with E-state index in [-0.39, 0.29) is 17.7 Å². The number of hydrogen-bond acceptors (Lipinski definition) is 2. The first-order chi connectivity index (χ1) is 11.6. The Kier molecular flexibility index (Phi) is 4.94. The van der Waals surface area contributed by atoms with Gasteiger partial charge in [-0.3, -0.25) is 9.59 Å². The molecule has 2 amide bonds. The first-order valence-corrected chi connectivity index (χ1v) is 8.39. The molecule has 24 heavy (non-hydrogen) atoms. The van der Waals surface area contributed by atoms with Crippen LogP contribution in [0.5, 0.6) is 0 Å². The minimum atomic E-state index is -0.0860. The standard InChI is InChI=1S/C20H22N2O2/c1-15(16-6-3-2-4-7-16)14-21-20(24)17-9-11-18(12-10-17)22-13-5-8-19(22)23/h2-4,6-7,9-12,15H,5,8,13-14H2,1H3,(H,21,24)/t15-/m0/s1. The highest BCUT2D eigenvalue weighted by Crippen LogP contribution is 2.21. The third kappa shape index (κ3) is 3.65. The van der Waals surface area contributed by atoms with Gasteiger partial charge in [-0.25, -0.2) is 0 Å². The van der Waals surface area contributed by atoms with E-state index in [9.17, 15) is 9.59 Å². The van der Waals surface area contributed by atoms with Crippen LogP contribution in [0.2, 0.25) is 0 Å². The monoisotopic (exact) mass is 322 g/mol. The number of hydrogen-bond donors (Lipinski definition) is 1. The predicted molar refractivity (Wildman–Crippen MR) is 95.2 cm³/mol. The lowest BCUT2D eigenvalue weighted by Crippen LogP contribution is -2.28. The van der Waals surface area contributed by atoms with Crippen molar-refractivity contribution in [2.24, 2.45) is 0 Å². The van der Waals surface area contributed by atoms with Gasteiger partial charge >= 0.3 is 0 Å². The van der Waals surface area contributed by atoms with Crippen LogP contribution >= 0.6 is 0 Å². The lowest BCUT2D eigenvalue weighted by atomic mass is 10.0. The molecular weight excluding hydrogens is 300 g/mol. The van der Waals surface area contributed by atoms with Crippen molar-refractivity contribution in [1.29, 1.82) is 0 Å². The maximum atomic E-state index is 12.3. The van der Waals surface area contributed by atoms with Crippen LogP contribution in [-0.4, -0.2) is 24.9 Å². The number of nitrogens with zero attached hydrogens (tertiary/aromatic N) is 1. The third-order valence-electron chi connectivity index (χ3n) is 4.45. The molecule has 1 atom stereocenters. The minimum absolute atomic E-state index is 0.0860. The summed E-state index contributed by atoms with van der Waals surface area (Å²) in [5.41, 5.74) is 2.69. The highest BCUT2D eigenvalue weighted by Gasteiger charge is 2.21. The number of nitrogens with one attached hydrogen (secondary N) is 1. The summed E-state index contributed by atoms with van der Waals surface area (Å²) in [6.07, 6.45) is 1.51. The second kappa shape index (κ2) is 7.30. The molecule has 1 aliphatic heterocycles. The Bertz CT molecular complexity index is 710. The van der Waals surface area contributed by atoms with Crippen LogP contribution in [0.1, 0.15) is 41.6 Å². The number of amides is 2. The summed E-state index contributed by atoms with van der Waals surface area (Å²) in [4.78, 5) is 25.8. The second-order valence-electron chi connectivity index (χ2n) is 6.22. The van der Waals surface area contributed by atoms with E-state index in [1.807, 2.05) is 30.3 Å². The number of carbonyl (C=O) groups excluding carboxylic acids is 2. The van der Waals surface area contributed by atoms with Crippen LogP contribution in [0.25, 0.3) is 0 Å². The van der Waals surface area contributed by atoms with Crippen LogP contribution in [-0.2, 0) is 4.79 Å². The van der Waals surface area contributed by atoms with Gasteiger partial charge in [0.15, 0.2) is 0 Å². The summed E-state index contributed by atoms with van der Waals surface area (Å²) in [7, 11) is 0. The molecule has 1 fully saturated rings. The second-order valence-corrected chi connectivity index (χ2v) is 6.22. The molecule has 0 aliphatic carbocycles. The van der Waals surface area contributed by atoms with E-state index >= 15 is 0 Å². The fraction of sp³-hybridized carbons (Fsp3) is 0.300. The van der Waals surface area contributed by atoms with Crippen LogP contribution in [0.15, 0.2) is 54.6 Å². The fourth-order valence-corrected chi connectivity index (χ4v) is 2.96. The molecular formula is C20H22N2O2. The van der Waals surface area contributed by atoms with Crippen molar-refractivity contribution in [2.75, 3.05) is 18.0 Å². The Balaban J connectivity index is 1.58. The Hall–Kier alpha value is -2.62. The zero-order valence-electron chi connectivity index (χ0n) is 13.9. The van der Waals surface area contributed by atoms with Gasteiger partial charge in [0.05, 0.1) is 0 Å². The quantitative estimate of drug-likeness (QED) is 0.918. The first-order valence-electron chi connectivity index (χ1n) is 8.39. The SMILES string of the molecule is C[C@@H](CNC(=O)c1ccc(N2CCCC2=O)cc1)c1ccccc1. The Morgan fingerprint density at radius 2 is 1.83 bits per heavy atom. The average Bonchev–Trinajstić information content (AvgIpc) is 3.06. The number of anilines is 1. The van der Waals surface area contributed by atoms with Crippen LogP contribution in [0.4, 0.5) is 5.69 Å². The predicted octanol–water partition coefficient (Wildman–Crippen LogP) is 3.35. The number of carbonyl (C=O) groups is 2. The molecule has 0 unspecified atom stereocenters. The van der Waals surface area contributed by atoms with Crippen LogP contribution < -0.4 is 10.2 Å². The van der Waals surface area contributed by atoms with Crippen molar-refractivity contribution >= 4 is 17.5 Å². The smallest absolute Gasteiger partial charge is 0.251 e. The molecule has 1 N–H and O–H groups in total. The van der Waals surface area contributed by atoms with Gasteiger partial charge in [-0.2, -0.15) is 0 Å². The molecule has 0 aromatic heterocycles. The Morgan fingerprint density at radius 1 is 1.12 bits per heavy atom. The van der Waals surface area contributed by atoms with Crippen molar-refractivity contribution < 1.29 is 9.59 Å². The Labute approximate surface area is 142 Å². The van der Waals surface area contributed by atoms with E-state index in [0.717, 1.165) is 18.7 Å². The molecule has 1 heterocycles. The Morgan fingerprint density at radius 3 is 2.46 bits per heavy atom. The summed E-state index contributed by atoms with van der Waals surface area (Å²) in [6, 6.07) is 17.4. The molecule has 1 saturated heterocycles. The molecule has 1 aliphatic rings. The molecule has 2 aromatic carbocycles. The molecule has 4 heteroatoms. The van der Waals surface area contributed by atoms with Gasteiger partial charge in [0.1, 0.15) is 0 Å². The van der Waals surface area contributed by atoms with Crippen molar-refractivity contribution in [3.05, 3.63) is 65.7 Å². The van der Waals surface area contributed by atoms with E-state index in [0.29, 0.717) is 18.5 Å². The number of rotatable bonds is 5. The van der Waals surface area contributed by atoms with Gasteiger partial charge in [0.2, 0.25) is 5.91 Å². The third-order valence-corrected chi connectivity index (χ3v) is 4.45. The van der Waals surface area contributed by atoms with Gasteiger partial charge in [-0.05, 0) is 42.2 Å². The summed E-state index contributed by atoms with van der Waals surface area (Å²) in [6.45, 7) is 3.45. The van der Waals surface area contributed by atoms with Gasteiger partial charge in [-0.1, -0.05) is 37.3 Å². The van der Waals surface area contributed by atoms with Gasteiger partial charge in [-0.15, -0.1) is 0 Å². The van der Waals surface area contributed by atoms with E-state index in [1.165, 1.54) is 5.56 Å². The molecule has 2 aromatic rings. The van der Waals surface area contributed by atoms with E-state index in [1.54, 1.807) is 17.0 Å². The topological polar surface area (TPSA) is 49.4 Å². The lowest BCUT2D eigenvalue weighted by Gasteiger charge is -2.16. The molecule has 0 bridgehead atoms. The van der Waals surface area contributed by atoms with Crippen LogP contribution in [0.3, 0.4) is 0 Å². The van der Waals surface area contributed by atoms with Crippen molar-refractivity contribution in [1.82, 2.24) is 5.32 Å². The molecule has 3 rings (SSSR count). The fourth-order valence-electron chi connectivity index (χ4n) is 2.96. The maximum Gasteiger partial charge on any atom is 0.251 e.